The summed E-state index contributed by atoms with van der Waals surface area (Å²) in [6, 6.07) is 5.77. The molecule has 0 fully saturated rings. The zero-order valence-electron chi connectivity index (χ0n) is 13.5. The number of nitrogens with two attached hydrogens (primary N) is 1. The smallest absolute Gasteiger partial charge is 0.338 e. The van der Waals surface area contributed by atoms with Crippen LogP contribution in [-0.4, -0.2) is 43.7 Å². The molecule has 5 nitrogen and oxygen atoms in total. The first-order chi connectivity index (χ1) is 9.99. The van der Waals surface area contributed by atoms with Gasteiger partial charge in [0.25, 0.3) is 0 Å². The van der Waals surface area contributed by atoms with E-state index in [9.17, 15) is 4.79 Å². The maximum Gasteiger partial charge on any atom is 0.338 e. The molecule has 1 atom stereocenters. The summed E-state index contributed by atoms with van der Waals surface area (Å²) in [7, 11) is 2.11. The van der Waals surface area contributed by atoms with Gasteiger partial charge in [-0.25, -0.2) is 4.79 Å². The number of hydrogen-bond acceptors (Lipinski definition) is 5. The predicted molar refractivity (Wildman–Crippen MR) is 87.7 cm³/mol. The van der Waals surface area contributed by atoms with Crippen molar-refractivity contribution >= 4 is 17.3 Å². The molecule has 0 bridgehead atoms. The minimum absolute atomic E-state index is 0.341. The van der Waals surface area contributed by atoms with Crippen molar-refractivity contribution in [2.24, 2.45) is 0 Å². The predicted octanol–water partition coefficient (Wildman–Crippen LogP) is 2.59. The minimum atomic E-state index is -0.341. The van der Waals surface area contributed by atoms with Crippen LogP contribution < -0.4 is 11.1 Å². The molecule has 0 aliphatic rings. The average Bonchev–Trinajstić information content (AvgIpc) is 2.47. The second kappa shape index (κ2) is 8.52. The molecule has 0 radical (unpaired) electrons. The van der Waals surface area contributed by atoms with E-state index < -0.39 is 0 Å². The van der Waals surface area contributed by atoms with Gasteiger partial charge >= 0.3 is 5.97 Å². The number of nitrogen functional groups attached to an aromatic ring is 1. The van der Waals surface area contributed by atoms with Crippen molar-refractivity contribution in [2.45, 2.75) is 33.2 Å². The number of ether oxygens (including phenoxy) is 1. The van der Waals surface area contributed by atoms with Crippen molar-refractivity contribution in [3.63, 3.8) is 0 Å². The van der Waals surface area contributed by atoms with Gasteiger partial charge in [-0.15, -0.1) is 0 Å². The number of nitrogens with zero attached hydrogens (tertiary/aromatic N) is 1. The Kier molecular flexibility index (Phi) is 7.02. The maximum atomic E-state index is 11.6. The van der Waals surface area contributed by atoms with E-state index in [2.05, 4.69) is 31.1 Å². The fraction of sp³-hybridized carbons (Fsp3) is 0.562. The lowest BCUT2D eigenvalue weighted by Gasteiger charge is -2.23. The van der Waals surface area contributed by atoms with Crippen LogP contribution in [0.4, 0.5) is 11.4 Å². The number of hydrogen-bond donors (Lipinski definition) is 2. The van der Waals surface area contributed by atoms with Gasteiger partial charge in [-0.05, 0) is 45.5 Å². The number of anilines is 2. The summed E-state index contributed by atoms with van der Waals surface area (Å²) in [5.74, 6) is -0.341. The van der Waals surface area contributed by atoms with E-state index >= 15 is 0 Å². The van der Waals surface area contributed by atoms with Crippen LogP contribution in [0.15, 0.2) is 18.2 Å². The molecular formula is C16H27N3O2. The summed E-state index contributed by atoms with van der Waals surface area (Å²) in [6.45, 7) is 8.28. The van der Waals surface area contributed by atoms with E-state index in [1.807, 2.05) is 6.07 Å². The van der Waals surface area contributed by atoms with Crippen molar-refractivity contribution in [3.05, 3.63) is 23.8 Å². The Balaban J connectivity index is 2.55. The second-order valence-corrected chi connectivity index (χ2v) is 5.19. The third-order valence-electron chi connectivity index (χ3n) is 3.69. The van der Waals surface area contributed by atoms with Crippen LogP contribution in [0, 0.1) is 0 Å². The first kappa shape index (κ1) is 17.3. The monoisotopic (exact) mass is 293 g/mol. The van der Waals surface area contributed by atoms with E-state index in [0.717, 1.165) is 25.2 Å². The molecule has 118 valence electrons. The number of carbonyl (C=O) groups excluding carboxylic acids is 1. The SMILES string of the molecule is CCOC(=O)c1ccc(NCCN(C)C(C)CC)c(N)c1. The third-order valence-corrected chi connectivity index (χ3v) is 3.69. The largest absolute Gasteiger partial charge is 0.462 e. The van der Waals surface area contributed by atoms with Crippen molar-refractivity contribution in [3.8, 4) is 0 Å². The van der Waals surface area contributed by atoms with Crippen molar-refractivity contribution in [1.29, 1.82) is 0 Å². The molecule has 0 spiro atoms. The second-order valence-electron chi connectivity index (χ2n) is 5.19. The van der Waals surface area contributed by atoms with Gasteiger partial charge in [-0.1, -0.05) is 6.92 Å². The van der Waals surface area contributed by atoms with Gasteiger partial charge in [-0.3, -0.25) is 0 Å². The number of carbonyl (C=O) groups is 1. The molecule has 0 amide bonds. The zero-order valence-corrected chi connectivity index (χ0v) is 13.5. The highest BCUT2D eigenvalue weighted by molar-refractivity contribution is 5.91. The number of rotatable bonds is 8. The van der Waals surface area contributed by atoms with Gasteiger partial charge in [0.2, 0.25) is 0 Å². The van der Waals surface area contributed by atoms with Gasteiger partial charge in [0.15, 0.2) is 0 Å². The van der Waals surface area contributed by atoms with Crippen LogP contribution >= 0.6 is 0 Å². The molecule has 0 aliphatic heterocycles. The Bertz CT molecular complexity index is 463. The Hall–Kier alpha value is -1.75. The van der Waals surface area contributed by atoms with Gasteiger partial charge in [-0.2, -0.15) is 0 Å². The Morgan fingerprint density at radius 3 is 2.71 bits per heavy atom. The molecule has 1 aromatic carbocycles. The molecule has 0 saturated carbocycles. The Morgan fingerprint density at radius 2 is 2.14 bits per heavy atom. The molecule has 1 aromatic rings. The first-order valence-electron chi connectivity index (χ1n) is 7.50. The molecule has 0 heterocycles. The van der Waals surface area contributed by atoms with Crippen LogP contribution in [-0.2, 0) is 4.74 Å². The van der Waals surface area contributed by atoms with Crippen molar-refractivity contribution < 1.29 is 9.53 Å². The van der Waals surface area contributed by atoms with Gasteiger partial charge < -0.3 is 20.7 Å². The molecule has 3 N–H and O–H groups in total. The Labute approximate surface area is 127 Å². The van der Waals surface area contributed by atoms with Crippen molar-refractivity contribution in [2.75, 3.05) is 37.8 Å². The van der Waals surface area contributed by atoms with E-state index in [-0.39, 0.29) is 5.97 Å². The standard InChI is InChI=1S/C16H27N3O2/c1-5-12(3)19(4)10-9-18-15-8-7-13(11-14(15)17)16(20)21-6-2/h7-8,11-12,18H,5-6,9-10,17H2,1-4H3. The quantitative estimate of drug-likeness (QED) is 0.569. The lowest BCUT2D eigenvalue weighted by Crippen LogP contribution is -2.32. The zero-order chi connectivity index (χ0) is 15.8. The molecule has 21 heavy (non-hydrogen) atoms. The molecule has 0 aromatic heterocycles. The van der Waals surface area contributed by atoms with Crippen LogP contribution in [0.3, 0.4) is 0 Å². The summed E-state index contributed by atoms with van der Waals surface area (Å²) in [6.07, 6.45) is 1.13. The number of likely N-dealkylation sites (N-methyl/N-ethyl adjacent to an activating group) is 1. The van der Waals surface area contributed by atoms with Crippen LogP contribution in [0.2, 0.25) is 0 Å². The maximum absolute atomic E-state index is 11.6. The molecule has 0 saturated heterocycles. The molecule has 1 rings (SSSR count). The molecule has 5 heteroatoms. The molecular weight excluding hydrogens is 266 g/mol. The Morgan fingerprint density at radius 1 is 1.43 bits per heavy atom. The normalized spacial score (nSPS) is 12.2. The first-order valence-corrected chi connectivity index (χ1v) is 7.50. The van der Waals surface area contributed by atoms with E-state index in [1.165, 1.54) is 0 Å². The third kappa shape index (κ3) is 5.27. The van der Waals surface area contributed by atoms with Gasteiger partial charge in [0.1, 0.15) is 0 Å². The van der Waals surface area contributed by atoms with Crippen LogP contribution in [0.5, 0.6) is 0 Å². The van der Waals surface area contributed by atoms with Crippen LogP contribution in [0.25, 0.3) is 0 Å². The number of benzene rings is 1. The van der Waals surface area contributed by atoms with Gasteiger partial charge in [0, 0.05) is 19.1 Å². The average molecular weight is 293 g/mol. The molecule has 0 aliphatic carbocycles. The summed E-state index contributed by atoms with van der Waals surface area (Å²) >= 11 is 0. The fourth-order valence-electron chi connectivity index (χ4n) is 1.96. The number of nitrogens with one attached hydrogen (secondary N) is 1. The summed E-state index contributed by atoms with van der Waals surface area (Å²) in [5.41, 5.74) is 7.87. The highest BCUT2D eigenvalue weighted by Crippen LogP contribution is 2.20. The highest BCUT2D eigenvalue weighted by atomic mass is 16.5. The lowest BCUT2D eigenvalue weighted by atomic mass is 10.1. The van der Waals surface area contributed by atoms with E-state index in [4.69, 9.17) is 10.5 Å². The summed E-state index contributed by atoms with van der Waals surface area (Å²) in [4.78, 5) is 13.9. The summed E-state index contributed by atoms with van der Waals surface area (Å²) in [5, 5.41) is 3.30. The van der Waals surface area contributed by atoms with Crippen LogP contribution in [0.1, 0.15) is 37.6 Å². The lowest BCUT2D eigenvalue weighted by molar-refractivity contribution is 0.0526. The van der Waals surface area contributed by atoms with E-state index in [1.54, 1.807) is 19.1 Å². The van der Waals surface area contributed by atoms with Gasteiger partial charge in [0.05, 0.1) is 23.5 Å². The van der Waals surface area contributed by atoms with E-state index in [0.29, 0.717) is 23.9 Å². The minimum Gasteiger partial charge on any atom is -0.462 e. The topological polar surface area (TPSA) is 67.6 Å². The molecule has 1 unspecified atom stereocenters. The highest BCUT2D eigenvalue weighted by Gasteiger charge is 2.09. The number of esters is 1. The van der Waals surface area contributed by atoms with Crippen molar-refractivity contribution in [1.82, 2.24) is 4.90 Å². The summed E-state index contributed by atoms with van der Waals surface area (Å²) < 4.78 is 4.95. The fourth-order valence-corrected chi connectivity index (χ4v) is 1.96.